The molecule has 10 aromatic carbocycles. The molecule has 2 heteroatoms. The third kappa shape index (κ3) is 5.74. The molecule has 0 bridgehead atoms. The van der Waals surface area contributed by atoms with Crippen LogP contribution in [0.5, 0.6) is 0 Å². The number of nitrogens with zero attached hydrogens (tertiary/aromatic N) is 2. The standard InChI is InChI=1S/C56H38N2/c1-3-17-41(18-4-1)53-37-45(32-34-50(53)49-27-15-21-40-19-9-10-24-47(40)49)57(54-28-13-11-25-48(54)43-31-30-39-16-7-8-20-42(39)36-43)46-33-35-52-51-26-12-14-29-55(51)58(56(52)38-46)44-22-5-2-6-23-44/h1-38H. The van der Waals surface area contributed by atoms with Gasteiger partial charge in [-0.1, -0.05) is 176 Å². The number of hydrogen-bond donors (Lipinski definition) is 0. The lowest BCUT2D eigenvalue weighted by atomic mass is 9.90. The molecular formula is C56H38N2. The van der Waals surface area contributed by atoms with E-state index in [9.17, 15) is 0 Å². The normalized spacial score (nSPS) is 11.4. The smallest absolute Gasteiger partial charge is 0.0561 e. The molecule has 11 aromatic rings. The molecule has 58 heavy (non-hydrogen) atoms. The van der Waals surface area contributed by atoms with E-state index in [0.717, 1.165) is 33.8 Å². The average molecular weight is 739 g/mol. The van der Waals surface area contributed by atoms with Crippen molar-refractivity contribution in [2.45, 2.75) is 0 Å². The quantitative estimate of drug-likeness (QED) is 0.158. The van der Waals surface area contributed by atoms with E-state index in [1.807, 2.05) is 0 Å². The second-order valence-electron chi connectivity index (χ2n) is 14.9. The van der Waals surface area contributed by atoms with Gasteiger partial charge < -0.3 is 9.47 Å². The van der Waals surface area contributed by atoms with Crippen LogP contribution in [0.2, 0.25) is 0 Å². The second kappa shape index (κ2) is 14.1. The van der Waals surface area contributed by atoms with Crippen molar-refractivity contribution >= 4 is 60.4 Å². The van der Waals surface area contributed by atoms with E-state index in [1.165, 1.54) is 65.7 Å². The Morgan fingerprint density at radius 2 is 0.914 bits per heavy atom. The first kappa shape index (κ1) is 33.6. The fraction of sp³-hybridized carbons (Fsp3) is 0. The van der Waals surface area contributed by atoms with E-state index < -0.39 is 0 Å². The summed E-state index contributed by atoms with van der Waals surface area (Å²) < 4.78 is 2.40. The molecule has 0 amide bonds. The highest BCUT2D eigenvalue weighted by Gasteiger charge is 2.22. The monoisotopic (exact) mass is 738 g/mol. The maximum Gasteiger partial charge on any atom is 0.0561 e. The van der Waals surface area contributed by atoms with E-state index >= 15 is 0 Å². The van der Waals surface area contributed by atoms with Crippen molar-refractivity contribution in [2.75, 3.05) is 4.90 Å². The van der Waals surface area contributed by atoms with Crippen LogP contribution in [0, 0.1) is 0 Å². The molecule has 0 atom stereocenters. The number of rotatable bonds is 7. The number of benzene rings is 10. The van der Waals surface area contributed by atoms with Gasteiger partial charge in [0.05, 0.1) is 16.7 Å². The molecule has 0 unspecified atom stereocenters. The van der Waals surface area contributed by atoms with Crippen LogP contribution in [0.25, 0.3) is 82.4 Å². The highest BCUT2D eigenvalue weighted by Crippen LogP contribution is 2.46. The van der Waals surface area contributed by atoms with Crippen molar-refractivity contribution in [1.82, 2.24) is 4.57 Å². The van der Waals surface area contributed by atoms with Gasteiger partial charge in [0.1, 0.15) is 0 Å². The van der Waals surface area contributed by atoms with Crippen molar-refractivity contribution in [1.29, 1.82) is 0 Å². The Hall–Kier alpha value is -7.68. The first-order valence-corrected chi connectivity index (χ1v) is 19.9. The van der Waals surface area contributed by atoms with Gasteiger partial charge in [-0.25, -0.2) is 0 Å². The zero-order valence-corrected chi connectivity index (χ0v) is 31.8. The summed E-state index contributed by atoms with van der Waals surface area (Å²) in [7, 11) is 0. The van der Waals surface area contributed by atoms with E-state index in [1.54, 1.807) is 0 Å². The fourth-order valence-electron chi connectivity index (χ4n) is 8.87. The van der Waals surface area contributed by atoms with Crippen molar-refractivity contribution in [3.8, 4) is 39.1 Å². The Morgan fingerprint density at radius 1 is 0.293 bits per heavy atom. The van der Waals surface area contributed by atoms with Crippen LogP contribution < -0.4 is 4.90 Å². The van der Waals surface area contributed by atoms with Crippen LogP contribution in [-0.4, -0.2) is 4.57 Å². The van der Waals surface area contributed by atoms with Gasteiger partial charge in [-0.05, 0) is 104 Å². The van der Waals surface area contributed by atoms with Gasteiger partial charge in [0.2, 0.25) is 0 Å². The van der Waals surface area contributed by atoms with Gasteiger partial charge in [-0.15, -0.1) is 0 Å². The topological polar surface area (TPSA) is 8.17 Å². The summed E-state index contributed by atoms with van der Waals surface area (Å²) in [6.07, 6.45) is 0. The van der Waals surface area contributed by atoms with Gasteiger partial charge in [-0.2, -0.15) is 0 Å². The Kier molecular flexibility index (Phi) is 8.19. The molecule has 0 N–H and O–H groups in total. The van der Waals surface area contributed by atoms with E-state index in [0.29, 0.717) is 0 Å². The van der Waals surface area contributed by atoms with E-state index in [2.05, 4.69) is 240 Å². The number of aromatic nitrogens is 1. The van der Waals surface area contributed by atoms with Crippen LogP contribution in [0.3, 0.4) is 0 Å². The largest absolute Gasteiger partial charge is 0.310 e. The van der Waals surface area contributed by atoms with Crippen LogP contribution >= 0.6 is 0 Å². The predicted molar refractivity (Wildman–Crippen MR) is 247 cm³/mol. The third-order valence-electron chi connectivity index (χ3n) is 11.6. The molecule has 1 aromatic heterocycles. The Labute approximate surface area is 338 Å². The lowest BCUT2D eigenvalue weighted by Crippen LogP contribution is -2.12. The van der Waals surface area contributed by atoms with E-state index in [-0.39, 0.29) is 0 Å². The maximum absolute atomic E-state index is 2.45. The van der Waals surface area contributed by atoms with Crippen LogP contribution in [0.15, 0.2) is 231 Å². The SMILES string of the molecule is c1ccc(-c2cc(N(c3ccc4c5ccccc5n(-c5ccccc5)c4c3)c3ccccc3-c3ccc4ccccc4c3)ccc2-c2cccc3ccccc23)cc1. The molecule has 2 nitrogen and oxygen atoms in total. The molecule has 0 aliphatic rings. The van der Waals surface area contributed by atoms with Gasteiger partial charge in [-0.3, -0.25) is 0 Å². The second-order valence-corrected chi connectivity index (χ2v) is 14.9. The van der Waals surface area contributed by atoms with Crippen LogP contribution in [0.1, 0.15) is 0 Å². The van der Waals surface area contributed by atoms with Crippen molar-refractivity contribution in [3.63, 3.8) is 0 Å². The molecule has 0 radical (unpaired) electrons. The molecule has 0 saturated carbocycles. The average Bonchev–Trinajstić information content (AvgIpc) is 3.63. The minimum Gasteiger partial charge on any atom is -0.310 e. The fourth-order valence-corrected chi connectivity index (χ4v) is 8.87. The zero-order chi connectivity index (χ0) is 38.4. The Bertz CT molecular complexity index is 3280. The summed E-state index contributed by atoms with van der Waals surface area (Å²) in [5.41, 5.74) is 13.9. The van der Waals surface area contributed by atoms with Crippen molar-refractivity contribution in [3.05, 3.63) is 231 Å². The molecule has 272 valence electrons. The Balaban J connectivity index is 1.19. The first-order chi connectivity index (χ1) is 28.8. The van der Waals surface area contributed by atoms with Gasteiger partial charge in [0.15, 0.2) is 0 Å². The summed E-state index contributed by atoms with van der Waals surface area (Å²) in [6, 6.07) is 83.9. The molecule has 0 fully saturated rings. The Morgan fingerprint density at radius 3 is 1.78 bits per heavy atom. The van der Waals surface area contributed by atoms with Gasteiger partial charge in [0, 0.05) is 33.4 Å². The van der Waals surface area contributed by atoms with Gasteiger partial charge in [0.25, 0.3) is 0 Å². The summed E-state index contributed by atoms with van der Waals surface area (Å²) in [5.74, 6) is 0. The molecular weight excluding hydrogens is 701 g/mol. The van der Waals surface area contributed by atoms with E-state index in [4.69, 9.17) is 0 Å². The minimum atomic E-state index is 1.08. The molecule has 0 aliphatic carbocycles. The maximum atomic E-state index is 2.45. The lowest BCUT2D eigenvalue weighted by molar-refractivity contribution is 1.18. The molecule has 11 rings (SSSR count). The van der Waals surface area contributed by atoms with Gasteiger partial charge >= 0.3 is 0 Å². The first-order valence-electron chi connectivity index (χ1n) is 19.9. The molecule has 0 aliphatic heterocycles. The summed E-state index contributed by atoms with van der Waals surface area (Å²) >= 11 is 0. The minimum absolute atomic E-state index is 1.08. The summed E-state index contributed by atoms with van der Waals surface area (Å²) in [5, 5.41) is 7.39. The lowest BCUT2D eigenvalue weighted by Gasteiger charge is -2.29. The zero-order valence-electron chi connectivity index (χ0n) is 31.8. The molecule has 1 heterocycles. The van der Waals surface area contributed by atoms with Crippen molar-refractivity contribution in [2.24, 2.45) is 0 Å². The van der Waals surface area contributed by atoms with Crippen LogP contribution in [0.4, 0.5) is 17.1 Å². The number of anilines is 3. The third-order valence-corrected chi connectivity index (χ3v) is 11.6. The summed E-state index contributed by atoms with van der Waals surface area (Å²) in [6.45, 7) is 0. The number of fused-ring (bicyclic) bond motifs is 5. The highest BCUT2D eigenvalue weighted by atomic mass is 15.1. The number of para-hydroxylation sites is 3. The van der Waals surface area contributed by atoms with Crippen molar-refractivity contribution < 1.29 is 0 Å². The van der Waals surface area contributed by atoms with Crippen LogP contribution in [-0.2, 0) is 0 Å². The number of hydrogen-bond acceptors (Lipinski definition) is 1. The predicted octanol–water partition coefficient (Wildman–Crippen LogP) is 15.6. The molecule has 0 spiro atoms. The summed E-state index contributed by atoms with van der Waals surface area (Å²) in [4.78, 5) is 2.45. The molecule has 0 saturated heterocycles. The highest BCUT2D eigenvalue weighted by molar-refractivity contribution is 6.11.